The molecule has 0 atom stereocenters. The number of piperazine rings is 1. The number of rotatable bonds is 6. The average Bonchev–Trinajstić information content (AvgIpc) is 3.16. The van der Waals surface area contributed by atoms with Gasteiger partial charge in [0.2, 0.25) is 5.76 Å². The molecule has 1 aliphatic heterocycles. The predicted molar refractivity (Wildman–Crippen MR) is 108 cm³/mol. The van der Waals surface area contributed by atoms with Gasteiger partial charge >= 0.3 is 6.03 Å². The average molecular weight is 400 g/mol. The Morgan fingerprint density at radius 1 is 1.17 bits per heavy atom. The third-order valence-corrected chi connectivity index (χ3v) is 4.62. The number of ether oxygens (including phenoxy) is 1. The van der Waals surface area contributed by atoms with Crippen molar-refractivity contribution in [3.63, 3.8) is 0 Å². The van der Waals surface area contributed by atoms with Gasteiger partial charge in [0.1, 0.15) is 5.75 Å². The topological polar surface area (TPSA) is 87.9 Å². The van der Waals surface area contributed by atoms with Crippen LogP contribution in [0.15, 0.2) is 34.9 Å². The second kappa shape index (κ2) is 9.45. The minimum absolute atomic E-state index is 0.138. The largest absolute Gasteiger partial charge is 0.493 e. The Labute approximate surface area is 170 Å². The van der Waals surface area contributed by atoms with Crippen molar-refractivity contribution < 1.29 is 18.8 Å². The standard InChI is InChI=1S/C21H28N4O4/c1-15(2)14-28-18-6-4-5-17(12-18)13-22-21(27)25-9-7-24(8-10-25)20(26)19-11-16(3)23-29-19/h4-6,11-12,15H,7-10,13-14H2,1-3H3,(H,22,27). The summed E-state index contributed by atoms with van der Waals surface area (Å²) in [5, 5.41) is 6.69. The van der Waals surface area contributed by atoms with Gasteiger partial charge in [-0.05, 0) is 30.5 Å². The van der Waals surface area contributed by atoms with Crippen molar-refractivity contribution in [1.29, 1.82) is 0 Å². The number of benzene rings is 1. The second-order valence-electron chi connectivity index (χ2n) is 7.62. The Bertz CT molecular complexity index is 841. The first-order valence-electron chi connectivity index (χ1n) is 9.89. The normalized spacial score (nSPS) is 14.2. The molecule has 0 radical (unpaired) electrons. The third kappa shape index (κ3) is 5.73. The molecule has 1 fully saturated rings. The Kier molecular flexibility index (Phi) is 6.74. The molecule has 3 amide bonds. The summed E-state index contributed by atoms with van der Waals surface area (Å²) in [4.78, 5) is 28.3. The first kappa shape index (κ1) is 20.7. The van der Waals surface area contributed by atoms with E-state index < -0.39 is 0 Å². The summed E-state index contributed by atoms with van der Waals surface area (Å²) in [5.41, 5.74) is 1.65. The molecule has 156 valence electrons. The van der Waals surface area contributed by atoms with Gasteiger partial charge < -0.3 is 24.4 Å². The number of hydrogen-bond acceptors (Lipinski definition) is 5. The maximum atomic E-state index is 12.5. The fourth-order valence-electron chi connectivity index (χ4n) is 3.03. The van der Waals surface area contributed by atoms with Gasteiger partial charge in [-0.2, -0.15) is 0 Å². The van der Waals surface area contributed by atoms with Crippen molar-refractivity contribution in [2.75, 3.05) is 32.8 Å². The van der Waals surface area contributed by atoms with E-state index in [0.717, 1.165) is 11.3 Å². The highest BCUT2D eigenvalue weighted by Gasteiger charge is 2.26. The molecule has 1 saturated heterocycles. The number of nitrogens with one attached hydrogen (secondary N) is 1. The van der Waals surface area contributed by atoms with E-state index in [0.29, 0.717) is 50.9 Å². The zero-order valence-corrected chi connectivity index (χ0v) is 17.2. The Hall–Kier alpha value is -3.03. The summed E-state index contributed by atoms with van der Waals surface area (Å²) in [5.74, 6) is 1.31. The van der Waals surface area contributed by atoms with E-state index >= 15 is 0 Å². The SMILES string of the molecule is Cc1cc(C(=O)N2CCN(C(=O)NCc3cccc(OCC(C)C)c3)CC2)on1. The van der Waals surface area contributed by atoms with Gasteiger partial charge in [0.25, 0.3) is 5.91 Å². The summed E-state index contributed by atoms with van der Waals surface area (Å²) in [6.45, 7) is 8.93. The third-order valence-electron chi connectivity index (χ3n) is 4.62. The molecule has 0 saturated carbocycles. The lowest BCUT2D eigenvalue weighted by atomic mass is 10.2. The van der Waals surface area contributed by atoms with Crippen LogP contribution in [0.5, 0.6) is 5.75 Å². The summed E-state index contributed by atoms with van der Waals surface area (Å²) < 4.78 is 10.8. The van der Waals surface area contributed by atoms with Gasteiger partial charge in [0.15, 0.2) is 0 Å². The monoisotopic (exact) mass is 400 g/mol. The van der Waals surface area contributed by atoms with Crippen LogP contribution in [-0.2, 0) is 6.54 Å². The molecule has 29 heavy (non-hydrogen) atoms. The molecule has 0 spiro atoms. The van der Waals surface area contributed by atoms with Crippen LogP contribution in [0.25, 0.3) is 0 Å². The van der Waals surface area contributed by atoms with Crippen molar-refractivity contribution in [3.8, 4) is 5.75 Å². The summed E-state index contributed by atoms with van der Waals surface area (Å²) in [6, 6.07) is 9.23. The number of hydrogen-bond donors (Lipinski definition) is 1. The molecule has 8 nitrogen and oxygen atoms in total. The van der Waals surface area contributed by atoms with Gasteiger partial charge in [-0.25, -0.2) is 4.79 Å². The van der Waals surface area contributed by atoms with Gasteiger partial charge in [0.05, 0.1) is 12.3 Å². The van der Waals surface area contributed by atoms with Crippen LogP contribution in [0.3, 0.4) is 0 Å². The lowest BCUT2D eigenvalue weighted by Crippen LogP contribution is -2.53. The van der Waals surface area contributed by atoms with E-state index in [4.69, 9.17) is 9.26 Å². The molecular weight excluding hydrogens is 372 g/mol. The summed E-state index contributed by atoms with van der Waals surface area (Å²) in [7, 11) is 0. The molecule has 1 aliphatic rings. The molecular formula is C21H28N4O4. The molecule has 0 bridgehead atoms. The van der Waals surface area contributed by atoms with Crippen molar-refractivity contribution in [3.05, 3.63) is 47.3 Å². The highest BCUT2D eigenvalue weighted by Crippen LogP contribution is 2.15. The highest BCUT2D eigenvalue weighted by atomic mass is 16.5. The van der Waals surface area contributed by atoms with E-state index in [9.17, 15) is 9.59 Å². The van der Waals surface area contributed by atoms with E-state index in [1.807, 2.05) is 24.3 Å². The van der Waals surface area contributed by atoms with E-state index in [1.54, 1.807) is 22.8 Å². The Balaban J connectivity index is 1.45. The minimum Gasteiger partial charge on any atom is -0.493 e. The fraction of sp³-hybridized carbons (Fsp3) is 0.476. The molecule has 8 heteroatoms. The van der Waals surface area contributed by atoms with Crippen molar-refractivity contribution >= 4 is 11.9 Å². The molecule has 2 heterocycles. The molecule has 1 N–H and O–H groups in total. The van der Waals surface area contributed by atoms with Crippen LogP contribution in [-0.4, -0.2) is 59.7 Å². The number of nitrogens with zero attached hydrogens (tertiary/aromatic N) is 3. The van der Waals surface area contributed by atoms with Crippen LogP contribution < -0.4 is 10.1 Å². The van der Waals surface area contributed by atoms with Crippen molar-refractivity contribution in [2.24, 2.45) is 5.92 Å². The summed E-state index contributed by atoms with van der Waals surface area (Å²) in [6.07, 6.45) is 0. The lowest BCUT2D eigenvalue weighted by Gasteiger charge is -2.34. The van der Waals surface area contributed by atoms with Crippen LogP contribution >= 0.6 is 0 Å². The van der Waals surface area contributed by atoms with Crippen molar-refractivity contribution in [2.45, 2.75) is 27.3 Å². The lowest BCUT2D eigenvalue weighted by molar-refractivity contribution is 0.0624. The van der Waals surface area contributed by atoms with Crippen LogP contribution in [0.4, 0.5) is 4.79 Å². The van der Waals surface area contributed by atoms with Crippen LogP contribution in [0.2, 0.25) is 0 Å². The molecule has 1 aromatic heterocycles. The maximum Gasteiger partial charge on any atom is 0.317 e. The molecule has 0 unspecified atom stereocenters. The van der Waals surface area contributed by atoms with Crippen LogP contribution in [0, 0.1) is 12.8 Å². The molecule has 1 aromatic carbocycles. The molecule has 2 aromatic rings. The van der Waals surface area contributed by atoms with Gasteiger partial charge in [-0.15, -0.1) is 0 Å². The Morgan fingerprint density at radius 2 is 1.90 bits per heavy atom. The number of carbonyl (C=O) groups is 2. The first-order valence-corrected chi connectivity index (χ1v) is 9.89. The smallest absolute Gasteiger partial charge is 0.317 e. The number of amides is 3. The van der Waals surface area contributed by atoms with E-state index in [2.05, 4.69) is 24.3 Å². The molecule has 3 rings (SSSR count). The predicted octanol–water partition coefficient (Wildman–Crippen LogP) is 2.69. The van der Waals surface area contributed by atoms with E-state index in [-0.39, 0.29) is 17.7 Å². The fourth-order valence-corrected chi connectivity index (χ4v) is 3.03. The van der Waals surface area contributed by atoms with Gasteiger partial charge in [0, 0.05) is 38.8 Å². The number of urea groups is 1. The highest BCUT2D eigenvalue weighted by molar-refractivity contribution is 5.91. The second-order valence-corrected chi connectivity index (χ2v) is 7.62. The zero-order valence-electron chi connectivity index (χ0n) is 17.2. The van der Waals surface area contributed by atoms with Crippen LogP contribution in [0.1, 0.15) is 35.7 Å². The van der Waals surface area contributed by atoms with Gasteiger partial charge in [-0.1, -0.05) is 31.1 Å². The number of carbonyl (C=O) groups excluding carboxylic acids is 2. The maximum absolute atomic E-state index is 12.5. The number of aromatic nitrogens is 1. The minimum atomic E-state index is -0.191. The van der Waals surface area contributed by atoms with E-state index in [1.165, 1.54) is 0 Å². The van der Waals surface area contributed by atoms with Crippen molar-refractivity contribution in [1.82, 2.24) is 20.3 Å². The summed E-state index contributed by atoms with van der Waals surface area (Å²) >= 11 is 0. The van der Waals surface area contributed by atoms with Gasteiger partial charge in [-0.3, -0.25) is 4.79 Å². The quantitative estimate of drug-likeness (QED) is 0.805. The Morgan fingerprint density at radius 3 is 2.55 bits per heavy atom. The zero-order chi connectivity index (χ0) is 20.8. The first-order chi connectivity index (χ1) is 13.9. The molecule has 0 aliphatic carbocycles. The number of aryl methyl sites for hydroxylation is 1.